The van der Waals surface area contributed by atoms with Gasteiger partial charge in [-0.2, -0.15) is 0 Å². The molecule has 0 saturated carbocycles. The number of benzene rings is 1. The Hall–Kier alpha value is -2.34. The maximum absolute atomic E-state index is 10.2. The van der Waals surface area contributed by atoms with Crippen LogP contribution in [-0.2, 0) is 6.42 Å². The SMILES string of the molecule is OC1=C(O)CC([C@H]2Oc3cc(O)cc(O)c3C[C@@H]2O)C=C1. The third-order valence-electron chi connectivity index (χ3n) is 3.87. The molecule has 3 rings (SSSR count). The number of aromatic hydroxyl groups is 2. The first kappa shape index (κ1) is 13.6. The molecular weight excluding hydrogens is 276 g/mol. The molecule has 0 saturated heterocycles. The number of fused-ring (bicyclic) bond motifs is 1. The summed E-state index contributed by atoms with van der Waals surface area (Å²) < 4.78 is 5.69. The summed E-state index contributed by atoms with van der Waals surface area (Å²) >= 11 is 0. The molecule has 5 N–H and O–H groups in total. The van der Waals surface area contributed by atoms with Gasteiger partial charge in [-0.3, -0.25) is 0 Å². The molecule has 1 heterocycles. The van der Waals surface area contributed by atoms with Crippen molar-refractivity contribution < 1.29 is 30.3 Å². The smallest absolute Gasteiger partial charge is 0.152 e. The number of ether oxygens (including phenoxy) is 1. The van der Waals surface area contributed by atoms with Crippen molar-refractivity contribution in [2.75, 3.05) is 0 Å². The van der Waals surface area contributed by atoms with Crippen LogP contribution in [0.25, 0.3) is 0 Å². The Morgan fingerprint density at radius 1 is 1.05 bits per heavy atom. The van der Waals surface area contributed by atoms with Crippen molar-refractivity contribution in [2.24, 2.45) is 5.92 Å². The average Bonchev–Trinajstić information content (AvgIpc) is 2.42. The molecule has 1 aliphatic carbocycles. The van der Waals surface area contributed by atoms with Crippen molar-refractivity contribution in [3.8, 4) is 17.2 Å². The summed E-state index contributed by atoms with van der Waals surface area (Å²) in [4.78, 5) is 0. The Bertz CT molecular complexity index is 633. The standard InChI is InChI=1S/C15H16O6/c16-8-4-11(18)9-6-13(20)15(21-14(9)5-8)7-1-2-10(17)12(19)3-7/h1-2,4-5,7,13,15-20H,3,6H2/t7?,13-,15+/m0/s1. The van der Waals surface area contributed by atoms with Gasteiger partial charge in [-0.15, -0.1) is 0 Å². The van der Waals surface area contributed by atoms with Crippen molar-refractivity contribution in [3.05, 3.63) is 41.4 Å². The fourth-order valence-electron chi connectivity index (χ4n) is 2.78. The van der Waals surface area contributed by atoms with Crippen molar-refractivity contribution in [1.29, 1.82) is 0 Å². The predicted octanol–water partition coefficient (Wildman–Crippen LogP) is 1.67. The lowest BCUT2D eigenvalue weighted by Crippen LogP contribution is -2.43. The molecular formula is C15H16O6. The Morgan fingerprint density at radius 3 is 2.52 bits per heavy atom. The average molecular weight is 292 g/mol. The van der Waals surface area contributed by atoms with E-state index in [0.29, 0.717) is 11.3 Å². The molecule has 0 bridgehead atoms. The van der Waals surface area contributed by atoms with E-state index in [1.807, 2.05) is 0 Å². The molecule has 0 spiro atoms. The Morgan fingerprint density at radius 2 is 1.81 bits per heavy atom. The largest absolute Gasteiger partial charge is 0.508 e. The van der Waals surface area contributed by atoms with Crippen molar-refractivity contribution in [1.82, 2.24) is 0 Å². The van der Waals surface area contributed by atoms with Gasteiger partial charge in [0.1, 0.15) is 29.1 Å². The zero-order valence-electron chi connectivity index (χ0n) is 11.1. The van der Waals surface area contributed by atoms with Crippen LogP contribution in [0.1, 0.15) is 12.0 Å². The topological polar surface area (TPSA) is 110 Å². The lowest BCUT2D eigenvalue weighted by Gasteiger charge is -2.35. The summed E-state index contributed by atoms with van der Waals surface area (Å²) in [7, 11) is 0. The fraction of sp³-hybridized carbons (Fsp3) is 0.333. The van der Waals surface area contributed by atoms with E-state index in [4.69, 9.17) is 4.74 Å². The normalized spacial score (nSPS) is 28.1. The van der Waals surface area contributed by atoms with E-state index in [1.165, 1.54) is 18.2 Å². The van der Waals surface area contributed by atoms with Gasteiger partial charge in [0.25, 0.3) is 0 Å². The Labute approximate surface area is 120 Å². The summed E-state index contributed by atoms with van der Waals surface area (Å²) in [5.74, 6) is -0.582. The van der Waals surface area contributed by atoms with Crippen LogP contribution in [0.5, 0.6) is 17.2 Å². The second-order valence-electron chi connectivity index (χ2n) is 5.35. The van der Waals surface area contributed by atoms with E-state index in [-0.39, 0.29) is 41.8 Å². The molecule has 6 nitrogen and oxygen atoms in total. The third kappa shape index (κ3) is 2.38. The van der Waals surface area contributed by atoms with Gasteiger partial charge in [-0.1, -0.05) is 6.08 Å². The number of phenolic OH excluding ortho intramolecular Hbond substituents is 2. The second kappa shape index (κ2) is 4.89. The van der Waals surface area contributed by atoms with Gasteiger partial charge in [0.05, 0.1) is 6.10 Å². The molecule has 1 aromatic rings. The van der Waals surface area contributed by atoms with Crippen LogP contribution in [0, 0.1) is 5.92 Å². The molecule has 1 aliphatic heterocycles. The van der Waals surface area contributed by atoms with Crippen LogP contribution >= 0.6 is 0 Å². The number of allylic oxidation sites excluding steroid dienone is 2. The van der Waals surface area contributed by atoms with Gasteiger partial charge in [0.2, 0.25) is 0 Å². The van der Waals surface area contributed by atoms with E-state index < -0.39 is 12.2 Å². The van der Waals surface area contributed by atoms with Gasteiger partial charge in [-0.25, -0.2) is 0 Å². The van der Waals surface area contributed by atoms with E-state index in [1.54, 1.807) is 6.08 Å². The zero-order chi connectivity index (χ0) is 15.1. The minimum atomic E-state index is -0.865. The Balaban J connectivity index is 1.88. The summed E-state index contributed by atoms with van der Waals surface area (Å²) in [6.45, 7) is 0. The molecule has 112 valence electrons. The number of hydrogen-bond acceptors (Lipinski definition) is 6. The molecule has 0 aromatic heterocycles. The van der Waals surface area contributed by atoms with Crippen LogP contribution in [0.4, 0.5) is 0 Å². The minimum Gasteiger partial charge on any atom is -0.508 e. The molecule has 2 aliphatic rings. The highest BCUT2D eigenvalue weighted by molar-refractivity contribution is 5.51. The van der Waals surface area contributed by atoms with Gasteiger partial charge >= 0.3 is 0 Å². The van der Waals surface area contributed by atoms with Crippen molar-refractivity contribution in [3.63, 3.8) is 0 Å². The number of aliphatic hydroxyl groups excluding tert-OH is 3. The molecule has 1 aromatic carbocycles. The number of phenols is 2. The first-order valence-electron chi connectivity index (χ1n) is 6.64. The maximum Gasteiger partial charge on any atom is 0.152 e. The maximum atomic E-state index is 10.2. The highest BCUT2D eigenvalue weighted by Gasteiger charge is 2.36. The lowest BCUT2D eigenvalue weighted by atomic mass is 9.86. The van der Waals surface area contributed by atoms with Gasteiger partial charge < -0.3 is 30.3 Å². The summed E-state index contributed by atoms with van der Waals surface area (Å²) in [6.07, 6.45) is 1.88. The molecule has 6 heteroatoms. The number of hydrogen-bond donors (Lipinski definition) is 5. The van der Waals surface area contributed by atoms with Crippen LogP contribution in [0.2, 0.25) is 0 Å². The molecule has 0 amide bonds. The van der Waals surface area contributed by atoms with Gasteiger partial charge in [0.15, 0.2) is 5.76 Å². The van der Waals surface area contributed by atoms with Gasteiger partial charge in [0, 0.05) is 36.5 Å². The first-order valence-corrected chi connectivity index (χ1v) is 6.64. The highest BCUT2D eigenvalue weighted by Crippen LogP contribution is 2.40. The number of aliphatic hydroxyl groups is 3. The summed E-state index contributed by atoms with van der Waals surface area (Å²) in [5, 5.41) is 48.5. The molecule has 0 fully saturated rings. The predicted molar refractivity (Wildman–Crippen MR) is 73.4 cm³/mol. The molecule has 3 atom stereocenters. The highest BCUT2D eigenvalue weighted by atomic mass is 16.5. The Kier molecular flexibility index (Phi) is 3.17. The molecule has 0 radical (unpaired) electrons. The zero-order valence-corrected chi connectivity index (χ0v) is 11.1. The first-order chi connectivity index (χ1) is 9.95. The molecule has 21 heavy (non-hydrogen) atoms. The minimum absolute atomic E-state index is 0.123. The van der Waals surface area contributed by atoms with E-state index in [9.17, 15) is 25.5 Å². The van der Waals surface area contributed by atoms with Gasteiger partial charge in [-0.05, 0) is 6.08 Å². The summed E-state index contributed by atoms with van der Waals surface area (Å²) in [6, 6.07) is 2.58. The van der Waals surface area contributed by atoms with Crippen LogP contribution in [0.15, 0.2) is 35.8 Å². The molecule has 1 unspecified atom stereocenters. The second-order valence-corrected chi connectivity index (χ2v) is 5.35. The third-order valence-corrected chi connectivity index (χ3v) is 3.87. The van der Waals surface area contributed by atoms with E-state index in [0.717, 1.165) is 0 Å². The lowest BCUT2D eigenvalue weighted by molar-refractivity contribution is -0.00508. The van der Waals surface area contributed by atoms with Crippen molar-refractivity contribution in [2.45, 2.75) is 25.0 Å². The van der Waals surface area contributed by atoms with Crippen LogP contribution in [-0.4, -0.2) is 37.7 Å². The summed E-state index contributed by atoms with van der Waals surface area (Å²) in [5.41, 5.74) is 0.443. The van der Waals surface area contributed by atoms with Crippen LogP contribution in [0.3, 0.4) is 0 Å². The van der Waals surface area contributed by atoms with Crippen molar-refractivity contribution >= 4 is 0 Å². The quantitative estimate of drug-likeness (QED) is 0.538. The van der Waals surface area contributed by atoms with E-state index in [2.05, 4.69) is 0 Å². The monoisotopic (exact) mass is 292 g/mol. The van der Waals surface area contributed by atoms with E-state index >= 15 is 0 Å². The van der Waals surface area contributed by atoms with Crippen LogP contribution < -0.4 is 4.74 Å². The fourth-order valence-corrected chi connectivity index (χ4v) is 2.78. The number of rotatable bonds is 1.